The fraction of sp³-hybridized carbons (Fsp3) is 0.529. The van der Waals surface area contributed by atoms with Crippen molar-refractivity contribution in [3.63, 3.8) is 0 Å². The molecule has 23 heavy (non-hydrogen) atoms. The van der Waals surface area contributed by atoms with Gasteiger partial charge in [-0.25, -0.2) is 0 Å². The molecular formula is C17H26N2O4. The molecule has 0 radical (unpaired) electrons. The summed E-state index contributed by atoms with van der Waals surface area (Å²) in [6, 6.07) is 9.27. The highest BCUT2D eigenvalue weighted by Gasteiger charge is 2.18. The Bertz CT molecular complexity index is 493. The van der Waals surface area contributed by atoms with Crippen LogP contribution in [0.1, 0.15) is 31.9 Å². The number of carboxylic acids is 1. The first-order valence-corrected chi connectivity index (χ1v) is 7.78. The maximum atomic E-state index is 11.7. The molecule has 1 aromatic rings. The van der Waals surface area contributed by atoms with E-state index in [1.54, 1.807) is 14.0 Å². The van der Waals surface area contributed by atoms with Crippen molar-refractivity contribution in [3.05, 3.63) is 35.9 Å². The number of nitrogens with zero attached hydrogens (tertiary/aromatic N) is 1. The Balaban J connectivity index is 2.15. The summed E-state index contributed by atoms with van der Waals surface area (Å²) in [5.41, 5.74) is 1.13. The smallest absolute Gasteiger partial charge is 0.320 e. The molecule has 0 spiro atoms. The van der Waals surface area contributed by atoms with Gasteiger partial charge >= 0.3 is 5.97 Å². The molecule has 6 heteroatoms. The van der Waals surface area contributed by atoms with Gasteiger partial charge in [0.1, 0.15) is 6.04 Å². The molecule has 0 saturated heterocycles. The minimum absolute atomic E-state index is 0.0226. The monoisotopic (exact) mass is 322 g/mol. The van der Waals surface area contributed by atoms with Crippen molar-refractivity contribution in [1.82, 2.24) is 10.2 Å². The number of benzene rings is 1. The number of amides is 1. The summed E-state index contributed by atoms with van der Waals surface area (Å²) < 4.78 is 5.72. The Morgan fingerprint density at radius 1 is 1.26 bits per heavy atom. The molecule has 0 bridgehead atoms. The zero-order valence-corrected chi connectivity index (χ0v) is 14.0. The van der Waals surface area contributed by atoms with Crippen LogP contribution in [0.3, 0.4) is 0 Å². The number of rotatable bonds is 10. The van der Waals surface area contributed by atoms with Crippen molar-refractivity contribution >= 4 is 11.9 Å². The lowest BCUT2D eigenvalue weighted by atomic mass is 10.1. The standard InChI is InChI=1S/C17H26N2O4/c1-13(17(21)22)19(3)12-16(20)18-10-7-11-23-14(2)15-8-5-4-6-9-15/h4-6,8-9,13-14H,7,10-12H2,1-3H3,(H,18,20)(H,21,22). The first-order chi connectivity index (χ1) is 10.9. The molecule has 128 valence electrons. The average Bonchev–Trinajstić information content (AvgIpc) is 2.54. The topological polar surface area (TPSA) is 78.9 Å². The van der Waals surface area contributed by atoms with Crippen molar-refractivity contribution in [2.45, 2.75) is 32.4 Å². The second-order valence-corrected chi connectivity index (χ2v) is 5.56. The largest absolute Gasteiger partial charge is 0.480 e. The van der Waals surface area contributed by atoms with Crippen LogP contribution in [0.5, 0.6) is 0 Å². The van der Waals surface area contributed by atoms with Crippen LogP contribution < -0.4 is 5.32 Å². The van der Waals surface area contributed by atoms with Crippen LogP contribution in [0.25, 0.3) is 0 Å². The number of carboxylic acid groups (broad SMARTS) is 1. The molecule has 1 rings (SSSR count). The van der Waals surface area contributed by atoms with E-state index in [2.05, 4.69) is 5.32 Å². The zero-order chi connectivity index (χ0) is 17.2. The Labute approximate surface area is 137 Å². The van der Waals surface area contributed by atoms with Gasteiger partial charge in [-0.2, -0.15) is 0 Å². The van der Waals surface area contributed by atoms with Gasteiger partial charge in [-0.15, -0.1) is 0 Å². The summed E-state index contributed by atoms with van der Waals surface area (Å²) in [4.78, 5) is 24.0. The molecule has 1 aromatic carbocycles. The minimum atomic E-state index is -0.941. The minimum Gasteiger partial charge on any atom is -0.480 e. The molecule has 2 atom stereocenters. The molecule has 0 saturated carbocycles. The van der Waals surface area contributed by atoms with Crippen LogP contribution in [-0.4, -0.2) is 54.7 Å². The van der Waals surface area contributed by atoms with E-state index in [4.69, 9.17) is 9.84 Å². The normalized spacial score (nSPS) is 13.6. The van der Waals surface area contributed by atoms with Crippen LogP contribution in [0.2, 0.25) is 0 Å². The summed E-state index contributed by atoms with van der Waals surface area (Å²) in [6.07, 6.45) is 0.732. The predicted octanol–water partition coefficient (Wildman–Crippen LogP) is 1.68. The van der Waals surface area contributed by atoms with Crippen molar-refractivity contribution in [3.8, 4) is 0 Å². The van der Waals surface area contributed by atoms with E-state index in [0.29, 0.717) is 19.6 Å². The molecule has 0 fully saturated rings. The predicted molar refractivity (Wildman–Crippen MR) is 88.2 cm³/mol. The van der Waals surface area contributed by atoms with Gasteiger partial charge in [-0.1, -0.05) is 30.3 Å². The lowest BCUT2D eigenvalue weighted by Gasteiger charge is -2.20. The molecule has 0 aliphatic heterocycles. The quantitative estimate of drug-likeness (QED) is 0.641. The van der Waals surface area contributed by atoms with E-state index in [9.17, 15) is 9.59 Å². The van der Waals surface area contributed by atoms with Gasteiger partial charge < -0.3 is 15.2 Å². The maximum Gasteiger partial charge on any atom is 0.320 e. The molecule has 1 amide bonds. The van der Waals surface area contributed by atoms with Gasteiger partial charge in [0.25, 0.3) is 0 Å². The van der Waals surface area contributed by atoms with E-state index < -0.39 is 12.0 Å². The van der Waals surface area contributed by atoms with Crippen molar-refractivity contribution in [1.29, 1.82) is 0 Å². The number of aliphatic carboxylic acids is 1. The number of carbonyl (C=O) groups is 2. The lowest BCUT2D eigenvalue weighted by Crippen LogP contribution is -2.43. The van der Waals surface area contributed by atoms with Crippen LogP contribution in [0.4, 0.5) is 0 Å². The molecule has 0 aliphatic carbocycles. The molecule has 0 heterocycles. The molecule has 2 unspecified atom stereocenters. The highest BCUT2D eigenvalue weighted by Crippen LogP contribution is 2.15. The van der Waals surface area contributed by atoms with Crippen molar-refractivity contribution in [2.24, 2.45) is 0 Å². The summed E-state index contributed by atoms with van der Waals surface area (Å²) in [5, 5.41) is 11.6. The van der Waals surface area contributed by atoms with E-state index in [1.165, 1.54) is 4.90 Å². The van der Waals surface area contributed by atoms with E-state index >= 15 is 0 Å². The summed E-state index contributed by atoms with van der Waals surface area (Å²) in [5.74, 6) is -1.12. The van der Waals surface area contributed by atoms with Crippen LogP contribution >= 0.6 is 0 Å². The third-order valence-electron chi connectivity index (χ3n) is 3.69. The third kappa shape index (κ3) is 7.25. The van der Waals surface area contributed by atoms with Crippen LogP contribution in [0, 0.1) is 0 Å². The Morgan fingerprint density at radius 2 is 1.91 bits per heavy atom. The lowest BCUT2D eigenvalue weighted by molar-refractivity contribution is -0.142. The summed E-state index contributed by atoms with van der Waals surface area (Å²) in [6.45, 7) is 4.67. The first kappa shape index (κ1) is 19.1. The van der Waals surface area contributed by atoms with Gasteiger partial charge in [-0.05, 0) is 32.9 Å². The van der Waals surface area contributed by atoms with E-state index in [-0.39, 0.29) is 18.6 Å². The van der Waals surface area contributed by atoms with Crippen molar-refractivity contribution in [2.75, 3.05) is 26.7 Å². The Kier molecular flexibility index (Phi) is 8.29. The second kappa shape index (κ2) is 9.97. The van der Waals surface area contributed by atoms with Gasteiger partial charge in [0.15, 0.2) is 0 Å². The number of hydrogen-bond acceptors (Lipinski definition) is 4. The SMILES string of the molecule is CC(OCCCNC(=O)CN(C)C(C)C(=O)O)c1ccccc1. The molecule has 6 nitrogen and oxygen atoms in total. The molecular weight excluding hydrogens is 296 g/mol. The third-order valence-corrected chi connectivity index (χ3v) is 3.69. The van der Waals surface area contributed by atoms with Crippen LogP contribution in [-0.2, 0) is 14.3 Å². The molecule has 2 N–H and O–H groups in total. The van der Waals surface area contributed by atoms with Gasteiger partial charge in [0, 0.05) is 13.2 Å². The maximum absolute atomic E-state index is 11.7. The number of nitrogens with one attached hydrogen (secondary N) is 1. The van der Waals surface area contributed by atoms with E-state index in [0.717, 1.165) is 5.56 Å². The van der Waals surface area contributed by atoms with E-state index in [1.807, 2.05) is 37.3 Å². The highest BCUT2D eigenvalue weighted by atomic mass is 16.5. The molecule has 0 aromatic heterocycles. The summed E-state index contributed by atoms with van der Waals surface area (Å²) >= 11 is 0. The van der Waals surface area contributed by atoms with Crippen LogP contribution in [0.15, 0.2) is 30.3 Å². The van der Waals surface area contributed by atoms with Gasteiger partial charge in [0.05, 0.1) is 12.6 Å². The average molecular weight is 322 g/mol. The fourth-order valence-electron chi connectivity index (χ4n) is 1.99. The number of hydrogen-bond donors (Lipinski definition) is 2. The molecule has 0 aliphatic rings. The van der Waals surface area contributed by atoms with Crippen molar-refractivity contribution < 1.29 is 19.4 Å². The number of carbonyl (C=O) groups excluding carboxylic acids is 1. The first-order valence-electron chi connectivity index (χ1n) is 7.78. The fourth-order valence-corrected chi connectivity index (χ4v) is 1.99. The number of likely N-dealkylation sites (N-methyl/N-ethyl adjacent to an activating group) is 1. The highest BCUT2D eigenvalue weighted by molar-refractivity contribution is 5.79. The van der Waals surface area contributed by atoms with Gasteiger partial charge in [-0.3, -0.25) is 14.5 Å². The number of ether oxygens (including phenoxy) is 1. The Hall–Kier alpha value is -1.92. The van der Waals surface area contributed by atoms with Gasteiger partial charge in [0.2, 0.25) is 5.91 Å². The summed E-state index contributed by atoms with van der Waals surface area (Å²) in [7, 11) is 1.61. The second-order valence-electron chi connectivity index (χ2n) is 5.56. The Morgan fingerprint density at radius 3 is 2.52 bits per heavy atom. The zero-order valence-electron chi connectivity index (χ0n) is 14.0.